The molecule has 0 bridgehead atoms. The molecule has 1 aliphatic heterocycles. The molecular formula is C29H24BrClN2O7. The molecule has 0 aromatic heterocycles. The number of ether oxygens (including phenoxy) is 3. The zero-order valence-corrected chi connectivity index (χ0v) is 23.9. The van der Waals surface area contributed by atoms with E-state index in [0.717, 1.165) is 10.5 Å². The highest BCUT2D eigenvalue weighted by molar-refractivity contribution is 9.10. The zero-order valence-electron chi connectivity index (χ0n) is 21.5. The Morgan fingerprint density at radius 1 is 0.975 bits per heavy atom. The van der Waals surface area contributed by atoms with Crippen LogP contribution in [-0.2, 0) is 20.9 Å². The zero-order chi connectivity index (χ0) is 28.8. The van der Waals surface area contributed by atoms with Gasteiger partial charge in [0.25, 0.3) is 11.8 Å². The van der Waals surface area contributed by atoms with E-state index < -0.39 is 23.8 Å². The molecule has 1 fully saturated rings. The molecule has 1 aliphatic rings. The number of nitrogens with zero attached hydrogens (tertiary/aromatic N) is 1. The van der Waals surface area contributed by atoms with E-state index in [2.05, 4.69) is 21.2 Å². The van der Waals surface area contributed by atoms with Crippen LogP contribution in [-0.4, -0.2) is 37.0 Å². The molecule has 1 N–H and O–H groups in total. The number of rotatable bonds is 9. The summed E-state index contributed by atoms with van der Waals surface area (Å²) in [6.45, 7) is 4.31. The van der Waals surface area contributed by atoms with Crippen molar-refractivity contribution in [1.29, 1.82) is 0 Å². The number of amides is 4. The number of imide groups is 2. The van der Waals surface area contributed by atoms with Gasteiger partial charge < -0.3 is 14.2 Å². The number of hydrogen-bond acceptors (Lipinski definition) is 7. The van der Waals surface area contributed by atoms with E-state index in [0.29, 0.717) is 33.2 Å². The summed E-state index contributed by atoms with van der Waals surface area (Å²) >= 11 is 9.45. The lowest BCUT2D eigenvalue weighted by atomic mass is 10.1. The van der Waals surface area contributed by atoms with Crippen molar-refractivity contribution in [2.24, 2.45) is 0 Å². The van der Waals surface area contributed by atoms with Crippen LogP contribution in [0.2, 0.25) is 5.02 Å². The molecular weight excluding hydrogens is 604 g/mol. The van der Waals surface area contributed by atoms with Gasteiger partial charge in [0.15, 0.2) is 11.5 Å². The van der Waals surface area contributed by atoms with Crippen molar-refractivity contribution in [1.82, 2.24) is 5.32 Å². The second-order valence-electron chi connectivity index (χ2n) is 8.40. The topological polar surface area (TPSA) is 111 Å². The largest absolute Gasteiger partial charge is 0.490 e. The average molecular weight is 628 g/mol. The Balaban J connectivity index is 1.62. The van der Waals surface area contributed by atoms with Crippen molar-refractivity contribution in [3.05, 3.63) is 92.4 Å². The predicted molar refractivity (Wildman–Crippen MR) is 152 cm³/mol. The Morgan fingerprint density at radius 3 is 2.33 bits per heavy atom. The molecule has 1 saturated heterocycles. The molecule has 3 aromatic rings. The summed E-state index contributed by atoms with van der Waals surface area (Å²) < 4.78 is 17.3. The highest BCUT2D eigenvalue weighted by Gasteiger charge is 2.37. The van der Waals surface area contributed by atoms with Gasteiger partial charge in [-0.25, -0.2) is 14.5 Å². The molecule has 4 amide bonds. The van der Waals surface area contributed by atoms with Crippen molar-refractivity contribution < 1.29 is 33.4 Å². The molecule has 9 nitrogen and oxygen atoms in total. The maximum absolute atomic E-state index is 13.3. The summed E-state index contributed by atoms with van der Waals surface area (Å²) in [5.41, 5.74) is 1.53. The molecule has 40 heavy (non-hydrogen) atoms. The number of benzene rings is 3. The quantitative estimate of drug-likeness (QED) is 0.178. The van der Waals surface area contributed by atoms with E-state index in [9.17, 15) is 19.2 Å². The molecule has 1 heterocycles. The van der Waals surface area contributed by atoms with Crippen LogP contribution in [0, 0.1) is 0 Å². The van der Waals surface area contributed by atoms with Gasteiger partial charge in [0.1, 0.15) is 12.2 Å². The number of anilines is 1. The second kappa shape index (κ2) is 12.8. The van der Waals surface area contributed by atoms with Crippen LogP contribution >= 0.6 is 27.5 Å². The Bertz CT molecular complexity index is 1490. The standard InChI is InChI=1S/C29H24BrClN2O7/c1-3-38-24-15-18(14-23(30)25(24)40-16-17-5-9-20(31)10-6-17)13-22-26(34)32-29(37)33(27(22)35)21-11-7-19(8-12-21)28(36)39-4-2/h5-15H,3-4,16H2,1-2H3,(H,32,34,37)/b22-13+. The van der Waals surface area contributed by atoms with E-state index in [-0.39, 0.29) is 30.0 Å². The second-order valence-corrected chi connectivity index (χ2v) is 9.69. The lowest BCUT2D eigenvalue weighted by Crippen LogP contribution is -2.54. The fourth-order valence-corrected chi connectivity index (χ4v) is 4.53. The first kappa shape index (κ1) is 28.8. The van der Waals surface area contributed by atoms with Crippen molar-refractivity contribution >= 4 is 63.1 Å². The first-order valence-corrected chi connectivity index (χ1v) is 13.4. The van der Waals surface area contributed by atoms with Gasteiger partial charge in [-0.1, -0.05) is 23.7 Å². The van der Waals surface area contributed by atoms with E-state index in [1.807, 2.05) is 19.1 Å². The number of hydrogen-bond donors (Lipinski definition) is 1. The number of carbonyl (C=O) groups is 4. The summed E-state index contributed by atoms with van der Waals surface area (Å²) in [5.74, 6) is -1.36. The Kier molecular flexibility index (Phi) is 9.23. The van der Waals surface area contributed by atoms with Crippen LogP contribution in [0.3, 0.4) is 0 Å². The van der Waals surface area contributed by atoms with Gasteiger partial charge in [0, 0.05) is 5.02 Å². The smallest absolute Gasteiger partial charge is 0.338 e. The van der Waals surface area contributed by atoms with Gasteiger partial charge >= 0.3 is 12.0 Å². The maximum atomic E-state index is 13.3. The number of halogens is 2. The lowest BCUT2D eigenvalue weighted by molar-refractivity contribution is -0.122. The normalized spacial score (nSPS) is 14.2. The van der Waals surface area contributed by atoms with Crippen LogP contribution < -0.4 is 19.7 Å². The summed E-state index contributed by atoms with van der Waals surface area (Å²) in [4.78, 5) is 51.4. The lowest BCUT2D eigenvalue weighted by Gasteiger charge is -2.26. The van der Waals surface area contributed by atoms with E-state index in [1.165, 1.54) is 30.3 Å². The van der Waals surface area contributed by atoms with E-state index in [1.54, 1.807) is 31.2 Å². The summed E-state index contributed by atoms with van der Waals surface area (Å²) in [6.07, 6.45) is 1.36. The summed E-state index contributed by atoms with van der Waals surface area (Å²) in [5, 5.41) is 2.80. The summed E-state index contributed by atoms with van der Waals surface area (Å²) in [7, 11) is 0. The SMILES string of the molecule is CCOC(=O)c1ccc(N2C(=O)NC(=O)/C(=C\c3cc(Br)c(OCc4ccc(Cl)cc4)c(OCC)c3)C2=O)cc1. The molecule has 0 spiro atoms. The molecule has 0 saturated carbocycles. The van der Waals surface area contributed by atoms with Gasteiger partial charge in [-0.05, 0) is 95.5 Å². The van der Waals surface area contributed by atoms with E-state index in [4.69, 9.17) is 25.8 Å². The predicted octanol–water partition coefficient (Wildman–Crippen LogP) is 5.92. The molecule has 0 unspecified atom stereocenters. The number of esters is 1. The van der Waals surface area contributed by atoms with Gasteiger partial charge in [-0.2, -0.15) is 0 Å². The fourth-order valence-electron chi connectivity index (χ4n) is 3.83. The van der Waals surface area contributed by atoms with Crippen molar-refractivity contribution in [3.63, 3.8) is 0 Å². The molecule has 3 aromatic carbocycles. The fraction of sp³-hybridized carbons (Fsp3) is 0.172. The minimum atomic E-state index is -0.904. The Morgan fingerprint density at radius 2 is 1.68 bits per heavy atom. The molecule has 0 aliphatic carbocycles. The number of nitrogens with one attached hydrogen (secondary N) is 1. The number of barbiturate groups is 1. The monoisotopic (exact) mass is 626 g/mol. The van der Waals surface area contributed by atoms with Crippen LogP contribution in [0.5, 0.6) is 11.5 Å². The molecule has 4 rings (SSSR count). The van der Waals surface area contributed by atoms with Crippen LogP contribution in [0.15, 0.2) is 70.7 Å². The molecule has 0 atom stereocenters. The highest BCUT2D eigenvalue weighted by Crippen LogP contribution is 2.38. The first-order chi connectivity index (χ1) is 19.2. The van der Waals surface area contributed by atoms with Gasteiger partial charge in [0.2, 0.25) is 0 Å². The third-order valence-electron chi connectivity index (χ3n) is 5.68. The van der Waals surface area contributed by atoms with Crippen molar-refractivity contribution in [2.45, 2.75) is 20.5 Å². The van der Waals surface area contributed by atoms with Crippen LogP contribution in [0.25, 0.3) is 6.08 Å². The molecule has 0 radical (unpaired) electrons. The maximum Gasteiger partial charge on any atom is 0.338 e. The average Bonchev–Trinajstić information content (AvgIpc) is 2.92. The molecule has 11 heteroatoms. The van der Waals surface area contributed by atoms with Crippen LogP contribution in [0.1, 0.15) is 35.3 Å². The molecule has 206 valence electrons. The van der Waals surface area contributed by atoms with Gasteiger partial charge in [0.05, 0.1) is 28.9 Å². The van der Waals surface area contributed by atoms with Crippen LogP contribution in [0.4, 0.5) is 10.5 Å². The number of urea groups is 1. The minimum absolute atomic E-state index is 0.177. The first-order valence-electron chi connectivity index (χ1n) is 12.2. The van der Waals surface area contributed by atoms with Crippen molar-refractivity contribution in [3.8, 4) is 11.5 Å². The highest BCUT2D eigenvalue weighted by atomic mass is 79.9. The third kappa shape index (κ3) is 6.52. The van der Waals surface area contributed by atoms with Gasteiger partial charge in [-0.15, -0.1) is 0 Å². The number of carbonyl (C=O) groups excluding carboxylic acids is 4. The Labute approximate surface area is 243 Å². The van der Waals surface area contributed by atoms with Gasteiger partial charge in [-0.3, -0.25) is 14.9 Å². The minimum Gasteiger partial charge on any atom is -0.490 e. The van der Waals surface area contributed by atoms with E-state index >= 15 is 0 Å². The Hall–Kier alpha value is -4.15. The third-order valence-corrected chi connectivity index (χ3v) is 6.52. The van der Waals surface area contributed by atoms with Crippen molar-refractivity contribution in [2.75, 3.05) is 18.1 Å². The summed E-state index contributed by atoms with van der Waals surface area (Å²) in [6, 6.07) is 15.3.